The summed E-state index contributed by atoms with van der Waals surface area (Å²) in [7, 11) is -0.813. The summed E-state index contributed by atoms with van der Waals surface area (Å²) >= 11 is 0. The van der Waals surface area contributed by atoms with Crippen LogP contribution in [0.5, 0.6) is 0 Å². The molecule has 0 radical (unpaired) electrons. The first-order chi connectivity index (χ1) is 8.52. The van der Waals surface area contributed by atoms with E-state index in [-0.39, 0.29) is 12.5 Å². The topological polar surface area (TPSA) is 95.5 Å². The Morgan fingerprint density at radius 1 is 1.06 bits per heavy atom. The van der Waals surface area contributed by atoms with Crippen molar-refractivity contribution in [3.63, 3.8) is 0 Å². The first-order valence-electron chi connectivity index (χ1n) is 6.06. The Kier molecular flexibility index (Phi) is 10.3. The Morgan fingerprint density at radius 2 is 1.67 bits per heavy atom. The molecule has 6 nitrogen and oxygen atoms in total. The van der Waals surface area contributed by atoms with Crippen LogP contribution in [0.1, 0.15) is 32.1 Å². The molecule has 0 heterocycles. The first kappa shape index (κ1) is 16.9. The van der Waals surface area contributed by atoms with Crippen LogP contribution in [0.15, 0.2) is 0 Å². The summed E-state index contributed by atoms with van der Waals surface area (Å²) in [6.07, 6.45) is 4.73. The van der Waals surface area contributed by atoms with E-state index in [1.165, 1.54) is 0 Å². The van der Waals surface area contributed by atoms with Crippen molar-refractivity contribution in [2.24, 2.45) is 0 Å². The van der Waals surface area contributed by atoms with E-state index >= 15 is 0 Å². The molecule has 2 amide bonds. The lowest BCUT2D eigenvalue weighted by Crippen LogP contribution is -2.36. The lowest BCUT2D eigenvalue weighted by Gasteiger charge is -2.06. The normalized spacial score (nSPS) is 11.8. The molecule has 0 aromatic heterocycles. The van der Waals surface area contributed by atoms with E-state index in [1.807, 2.05) is 0 Å². The van der Waals surface area contributed by atoms with Gasteiger partial charge in [0.15, 0.2) is 0 Å². The van der Waals surface area contributed by atoms with Crippen LogP contribution in [0.2, 0.25) is 0 Å². The second-order valence-corrected chi connectivity index (χ2v) is 5.57. The fourth-order valence-electron chi connectivity index (χ4n) is 1.32. The third-order valence-electron chi connectivity index (χ3n) is 2.25. The Morgan fingerprint density at radius 3 is 2.22 bits per heavy atom. The van der Waals surface area contributed by atoms with Crippen molar-refractivity contribution in [1.82, 2.24) is 10.6 Å². The number of amides is 2. The highest BCUT2D eigenvalue weighted by molar-refractivity contribution is 7.84. The zero-order valence-corrected chi connectivity index (χ0v) is 11.6. The maximum Gasteiger partial charge on any atom is 0.314 e. The SMILES string of the molecule is CS(=O)CCCNC(=O)NCCCCCC(=O)O. The van der Waals surface area contributed by atoms with Gasteiger partial charge in [-0.05, 0) is 19.3 Å². The van der Waals surface area contributed by atoms with E-state index in [9.17, 15) is 13.8 Å². The number of carboxylic acids is 1. The van der Waals surface area contributed by atoms with Crippen LogP contribution in [0.3, 0.4) is 0 Å². The Labute approximate surface area is 110 Å². The van der Waals surface area contributed by atoms with Crippen molar-refractivity contribution >= 4 is 22.8 Å². The van der Waals surface area contributed by atoms with Gasteiger partial charge >= 0.3 is 12.0 Å². The van der Waals surface area contributed by atoms with Crippen molar-refractivity contribution < 1.29 is 18.9 Å². The number of aliphatic carboxylic acids is 1. The van der Waals surface area contributed by atoms with Gasteiger partial charge in [-0.2, -0.15) is 0 Å². The quantitative estimate of drug-likeness (QED) is 0.513. The molecule has 0 bridgehead atoms. The number of carboxylic acid groups (broad SMARTS) is 1. The summed E-state index contributed by atoms with van der Waals surface area (Å²) in [6, 6.07) is -0.227. The predicted octanol–water partition coefficient (Wildman–Crippen LogP) is 0.699. The van der Waals surface area contributed by atoms with E-state index < -0.39 is 16.8 Å². The molecule has 1 atom stereocenters. The molecule has 0 aliphatic carbocycles. The maximum atomic E-state index is 11.2. The number of hydrogen-bond acceptors (Lipinski definition) is 3. The van der Waals surface area contributed by atoms with Gasteiger partial charge in [0.1, 0.15) is 0 Å². The number of carbonyl (C=O) groups excluding carboxylic acids is 1. The van der Waals surface area contributed by atoms with Gasteiger partial charge in [0.05, 0.1) is 0 Å². The molecule has 0 rings (SSSR count). The van der Waals surface area contributed by atoms with E-state index in [0.717, 1.165) is 12.8 Å². The van der Waals surface area contributed by atoms with Crippen LogP contribution in [-0.4, -0.2) is 46.4 Å². The molecule has 106 valence electrons. The second kappa shape index (κ2) is 11.0. The highest BCUT2D eigenvalue weighted by Gasteiger charge is 2.00. The molecule has 0 aromatic rings. The molecule has 1 unspecified atom stereocenters. The summed E-state index contributed by atoms with van der Waals surface area (Å²) in [4.78, 5) is 21.5. The molecule has 0 fully saturated rings. The fourth-order valence-corrected chi connectivity index (χ4v) is 1.87. The van der Waals surface area contributed by atoms with E-state index in [1.54, 1.807) is 6.26 Å². The number of rotatable bonds is 10. The van der Waals surface area contributed by atoms with Crippen molar-refractivity contribution in [2.75, 3.05) is 25.1 Å². The van der Waals surface area contributed by atoms with Crippen LogP contribution < -0.4 is 10.6 Å². The third-order valence-corrected chi connectivity index (χ3v) is 3.11. The number of nitrogens with one attached hydrogen (secondary N) is 2. The average molecular weight is 278 g/mol. The monoisotopic (exact) mass is 278 g/mol. The van der Waals surface area contributed by atoms with E-state index in [4.69, 9.17) is 5.11 Å². The van der Waals surface area contributed by atoms with E-state index in [0.29, 0.717) is 31.7 Å². The molecule has 0 aliphatic rings. The second-order valence-electron chi connectivity index (χ2n) is 4.02. The third kappa shape index (κ3) is 13.0. The van der Waals surface area contributed by atoms with Gasteiger partial charge in [0.25, 0.3) is 0 Å². The van der Waals surface area contributed by atoms with Crippen molar-refractivity contribution in [2.45, 2.75) is 32.1 Å². The van der Waals surface area contributed by atoms with Crippen molar-refractivity contribution in [1.29, 1.82) is 0 Å². The largest absolute Gasteiger partial charge is 0.481 e. The van der Waals surface area contributed by atoms with Crippen LogP contribution in [0, 0.1) is 0 Å². The molecule has 0 aromatic carbocycles. The number of urea groups is 1. The van der Waals surface area contributed by atoms with Gasteiger partial charge < -0.3 is 15.7 Å². The lowest BCUT2D eigenvalue weighted by molar-refractivity contribution is -0.137. The summed E-state index contributed by atoms with van der Waals surface area (Å²) in [6.45, 7) is 1.07. The number of hydrogen-bond donors (Lipinski definition) is 3. The summed E-state index contributed by atoms with van der Waals surface area (Å²) in [5.41, 5.74) is 0. The molecular weight excluding hydrogens is 256 g/mol. The van der Waals surface area contributed by atoms with E-state index in [2.05, 4.69) is 10.6 Å². The Hall–Kier alpha value is -1.11. The minimum Gasteiger partial charge on any atom is -0.481 e. The van der Waals surface area contributed by atoms with Gasteiger partial charge in [0, 0.05) is 42.3 Å². The molecule has 3 N–H and O–H groups in total. The highest BCUT2D eigenvalue weighted by Crippen LogP contribution is 1.98. The Bertz CT molecular complexity index is 284. The molecule has 0 aliphatic heterocycles. The minimum atomic E-state index is -0.813. The smallest absolute Gasteiger partial charge is 0.314 e. The highest BCUT2D eigenvalue weighted by atomic mass is 32.2. The summed E-state index contributed by atoms with van der Waals surface area (Å²) < 4.78 is 10.7. The Balaban J connectivity index is 3.26. The van der Waals surface area contributed by atoms with Gasteiger partial charge in [0.2, 0.25) is 0 Å². The van der Waals surface area contributed by atoms with Gasteiger partial charge in [-0.15, -0.1) is 0 Å². The average Bonchev–Trinajstić information content (AvgIpc) is 2.28. The summed E-state index contributed by atoms with van der Waals surface area (Å²) in [5.74, 6) is -0.191. The number of carbonyl (C=O) groups is 2. The van der Waals surface area contributed by atoms with Crippen LogP contribution in [0.25, 0.3) is 0 Å². The van der Waals surface area contributed by atoms with Gasteiger partial charge in [-0.1, -0.05) is 6.42 Å². The predicted molar refractivity (Wildman–Crippen MR) is 71.1 cm³/mol. The van der Waals surface area contributed by atoms with Crippen molar-refractivity contribution in [3.8, 4) is 0 Å². The molecule has 18 heavy (non-hydrogen) atoms. The number of unbranched alkanes of at least 4 members (excludes halogenated alkanes) is 2. The van der Waals surface area contributed by atoms with Gasteiger partial charge in [-0.25, -0.2) is 4.79 Å². The first-order valence-corrected chi connectivity index (χ1v) is 7.78. The zero-order chi connectivity index (χ0) is 13.8. The molecular formula is C11H22N2O4S. The molecule has 0 saturated heterocycles. The minimum absolute atomic E-state index is 0.181. The van der Waals surface area contributed by atoms with Gasteiger partial charge in [-0.3, -0.25) is 9.00 Å². The zero-order valence-electron chi connectivity index (χ0n) is 10.7. The molecule has 0 saturated carbocycles. The van der Waals surface area contributed by atoms with Crippen LogP contribution >= 0.6 is 0 Å². The fraction of sp³-hybridized carbons (Fsp3) is 0.818. The van der Waals surface area contributed by atoms with Crippen LogP contribution in [-0.2, 0) is 15.6 Å². The molecule has 0 spiro atoms. The maximum absolute atomic E-state index is 11.2. The van der Waals surface area contributed by atoms with Crippen molar-refractivity contribution in [3.05, 3.63) is 0 Å². The summed E-state index contributed by atoms with van der Waals surface area (Å²) in [5, 5.41) is 13.8. The standard InChI is InChI=1S/C11H22N2O4S/c1-18(17)9-5-8-13-11(16)12-7-4-2-3-6-10(14)15/h2-9H2,1H3,(H,14,15)(H2,12,13,16). The lowest BCUT2D eigenvalue weighted by atomic mass is 10.2. The molecule has 7 heteroatoms. The van der Waals surface area contributed by atoms with Crippen LogP contribution in [0.4, 0.5) is 4.79 Å².